The van der Waals surface area contributed by atoms with Crippen molar-refractivity contribution in [1.82, 2.24) is 0 Å². The number of hydrogen-bond donors (Lipinski definition) is 0. The topological polar surface area (TPSA) is 52.6 Å². The molecule has 0 aromatic carbocycles. The second-order valence-electron chi connectivity index (χ2n) is 4.77. The van der Waals surface area contributed by atoms with Gasteiger partial charge in [-0.2, -0.15) is 0 Å². The Morgan fingerprint density at radius 2 is 1.10 bits per heavy atom. The molecule has 0 atom stereocenters. The van der Waals surface area contributed by atoms with Gasteiger partial charge in [-0.3, -0.25) is 9.59 Å². The molecule has 0 N–H and O–H groups in total. The van der Waals surface area contributed by atoms with Crippen LogP contribution in [0.3, 0.4) is 0 Å². The average molecular weight is 284 g/mol. The Bertz CT molecular complexity index is 269. The molecule has 0 heterocycles. The summed E-state index contributed by atoms with van der Waals surface area (Å²) in [5.41, 5.74) is 1.19. The molecular weight excluding hydrogens is 256 g/mol. The van der Waals surface area contributed by atoms with E-state index in [1.807, 2.05) is 13.8 Å². The van der Waals surface area contributed by atoms with Crippen molar-refractivity contribution in [2.75, 3.05) is 13.2 Å². The van der Waals surface area contributed by atoms with Crippen molar-refractivity contribution in [1.29, 1.82) is 0 Å². The van der Waals surface area contributed by atoms with Crippen LogP contribution in [-0.4, -0.2) is 25.2 Å². The van der Waals surface area contributed by atoms with E-state index in [2.05, 4.69) is 6.58 Å². The van der Waals surface area contributed by atoms with Gasteiger partial charge in [0.25, 0.3) is 0 Å². The summed E-state index contributed by atoms with van der Waals surface area (Å²) < 4.78 is 9.73. The van der Waals surface area contributed by atoms with E-state index in [-0.39, 0.29) is 11.9 Å². The second kappa shape index (κ2) is 12.7. The van der Waals surface area contributed by atoms with E-state index in [1.165, 1.54) is 5.57 Å². The Balaban J connectivity index is 3.41. The first-order valence-corrected chi connectivity index (χ1v) is 7.58. The van der Waals surface area contributed by atoms with E-state index in [4.69, 9.17) is 9.47 Å². The van der Waals surface area contributed by atoms with Crippen molar-refractivity contribution in [3.8, 4) is 0 Å². The van der Waals surface area contributed by atoms with Gasteiger partial charge in [0.1, 0.15) is 0 Å². The molecule has 0 bridgehead atoms. The highest BCUT2D eigenvalue weighted by Crippen LogP contribution is 2.15. The number of rotatable bonds is 12. The molecule has 116 valence electrons. The fourth-order valence-electron chi connectivity index (χ4n) is 1.88. The Kier molecular flexibility index (Phi) is 11.9. The van der Waals surface area contributed by atoms with E-state index >= 15 is 0 Å². The van der Waals surface area contributed by atoms with Gasteiger partial charge in [0.2, 0.25) is 0 Å². The molecule has 0 aromatic rings. The first-order chi connectivity index (χ1) is 9.60. The molecule has 0 amide bonds. The second-order valence-corrected chi connectivity index (χ2v) is 4.77. The zero-order valence-corrected chi connectivity index (χ0v) is 12.9. The molecule has 0 rings (SSSR count). The summed E-state index contributed by atoms with van der Waals surface area (Å²) in [7, 11) is 0. The van der Waals surface area contributed by atoms with Crippen LogP contribution in [0.5, 0.6) is 0 Å². The third kappa shape index (κ3) is 11.8. The van der Waals surface area contributed by atoms with Crippen LogP contribution in [0, 0.1) is 0 Å². The third-order valence-corrected chi connectivity index (χ3v) is 2.93. The van der Waals surface area contributed by atoms with Crippen LogP contribution >= 0.6 is 0 Å². The van der Waals surface area contributed by atoms with E-state index in [9.17, 15) is 9.59 Å². The fraction of sp³-hybridized carbons (Fsp3) is 0.750. The normalized spacial score (nSPS) is 10.1. The number of allylic oxidation sites excluding steroid dienone is 1. The lowest BCUT2D eigenvalue weighted by atomic mass is 10.0. The van der Waals surface area contributed by atoms with Gasteiger partial charge in [0.05, 0.1) is 13.2 Å². The molecular formula is C16H28O4. The number of hydrogen-bond acceptors (Lipinski definition) is 4. The third-order valence-electron chi connectivity index (χ3n) is 2.93. The lowest BCUT2D eigenvalue weighted by Gasteiger charge is -2.06. The number of ether oxygens (including phenoxy) is 2. The highest BCUT2D eigenvalue weighted by Gasteiger charge is 2.03. The summed E-state index contributed by atoms with van der Waals surface area (Å²) >= 11 is 0. The Hall–Kier alpha value is -1.32. The van der Waals surface area contributed by atoms with Crippen LogP contribution in [-0.2, 0) is 19.1 Å². The van der Waals surface area contributed by atoms with E-state index in [0.717, 1.165) is 38.5 Å². The standard InChI is InChI=1S/C16H28O4/c1-4-19-15(17)12-8-6-10-14(3)11-7-9-13-16(18)20-5-2/h3-13H2,1-2H3. The Morgan fingerprint density at radius 3 is 1.45 bits per heavy atom. The number of carbonyl (C=O) groups excluding carboxylic acids is 2. The minimum Gasteiger partial charge on any atom is -0.466 e. The van der Waals surface area contributed by atoms with Crippen molar-refractivity contribution in [3.63, 3.8) is 0 Å². The highest BCUT2D eigenvalue weighted by molar-refractivity contribution is 5.69. The molecule has 0 spiro atoms. The quantitative estimate of drug-likeness (QED) is 0.311. The smallest absolute Gasteiger partial charge is 0.305 e. The summed E-state index contributed by atoms with van der Waals surface area (Å²) in [6, 6.07) is 0. The van der Waals surface area contributed by atoms with Gasteiger partial charge in [0, 0.05) is 12.8 Å². The molecule has 0 aliphatic heterocycles. The van der Waals surface area contributed by atoms with Gasteiger partial charge in [0.15, 0.2) is 0 Å². The number of esters is 2. The minimum absolute atomic E-state index is 0.118. The first kappa shape index (κ1) is 18.7. The van der Waals surface area contributed by atoms with Gasteiger partial charge in [-0.15, -0.1) is 0 Å². The van der Waals surface area contributed by atoms with Crippen molar-refractivity contribution in [2.24, 2.45) is 0 Å². The maximum atomic E-state index is 11.1. The summed E-state index contributed by atoms with van der Waals surface area (Å²) in [5.74, 6) is -0.236. The van der Waals surface area contributed by atoms with Crippen LogP contribution in [0.15, 0.2) is 12.2 Å². The van der Waals surface area contributed by atoms with E-state index in [0.29, 0.717) is 26.1 Å². The van der Waals surface area contributed by atoms with Crippen molar-refractivity contribution >= 4 is 11.9 Å². The largest absolute Gasteiger partial charge is 0.466 e. The molecule has 0 aliphatic rings. The maximum absolute atomic E-state index is 11.1. The van der Waals surface area contributed by atoms with Gasteiger partial charge >= 0.3 is 11.9 Å². The number of unbranched alkanes of at least 4 members (excludes halogenated alkanes) is 2. The Labute approximate surface area is 122 Å². The van der Waals surface area contributed by atoms with Crippen LogP contribution in [0.4, 0.5) is 0 Å². The molecule has 0 fully saturated rings. The summed E-state index contributed by atoms with van der Waals surface area (Å²) in [6.07, 6.45) is 6.50. The van der Waals surface area contributed by atoms with Crippen molar-refractivity contribution in [3.05, 3.63) is 12.2 Å². The van der Waals surface area contributed by atoms with Gasteiger partial charge in [-0.25, -0.2) is 0 Å². The molecule has 0 aliphatic carbocycles. The lowest BCUT2D eigenvalue weighted by molar-refractivity contribution is -0.144. The van der Waals surface area contributed by atoms with Gasteiger partial charge in [-0.1, -0.05) is 12.2 Å². The van der Waals surface area contributed by atoms with Gasteiger partial charge in [-0.05, 0) is 52.4 Å². The van der Waals surface area contributed by atoms with Crippen LogP contribution < -0.4 is 0 Å². The summed E-state index contributed by atoms with van der Waals surface area (Å²) in [6.45, 7) is 8.56. The van der Waals surface area contributed by atoms with Crippen LogP contribution in [0.1, 0.15) is 65.2 Å². The van der Waals surface area contributed by atoms with E-state index < -0.39 is 0 Å². The first-order valence-electron chi connectivity index (χ1n) is 7.58. The van der Waals surface area contributed by atoms with Crippen molar-refractivity contribution in [2.45, 2.75) is 65.2 Å². The molecule has 0 aromatic heterocycles. The molecule has 0 unspecified atom stereocenters. The van der Waals surface area contributed by atoms with Crippen LogP contribution in [0.25, 0.3) is 0 Å². The predicted molar refractivity (Wildman–Crippen MR) is 79.3 cm³/mol. The zero-order chi connectivity index (χ0) is 15.2. The molecule has 20 heavy (non-hydrogen) atoms. The lowest BCUT2D eigenvalue weighted by Crippen LogP contribution is -2.03. The molecule has 0 saturated carbocycles. The average Bonchev–Trinajstić information content (AvgIpc) is 2.40. The highest BCUT2D eigenvalue weighted by atomic mass is 16.5. The zero-order valence-electron chi connectivity index (χ0n) is 12.9. The molecule has 0 radical (unpaired) electrons. The molecule has 4 nitrogen and oxygen atoms in total. The van der Waals surface area contributed by atoms with Crippen molar-refractivity contribution < 1.29 is 19.1 Å². The van der Waals surface area contributed by atoms with E-state index in [1.54, 1.807) is 0 Å². The monoisotopic (exact) mass is 284 g/mol. The van der Waals surface area contributed by atoms with Crippen LogP contribution in [0.2, 0.25) is 0 Å². The Morgan fingerprint density at radius 1 is 0.750 bits per heavy atom. The summed E-state index contributed by atoms with van der Waals surface area (Å²) in [5, 5.41) is 0. The summed E-state index contributed by atoms with van der Waals surface area (Å²) in [4.78, 5) is 22.3. The fourth-order valence-corrected chi connectivity index (χ4v) is 1.88. The minimum atomic E-state index is -0.118. The predicted octanol–water partition coefficient (Wildman–Crippen LogP) is 3.79. The maximum Gasteiger partial charge on any atom is 0.305 e. The SMILES string of the molecule is C=C(CCCCC(=O)OCC)CCCCC(=O)OCC. The molecule has 0 saturated heterocycles. The molecule has 4 heteroatoms. The van der Waals surface area contributed by atoms with Gasteiger partial charge < -0.3 is 9.47 Å². The number of carbonyl (C=O) groups is 2.